The van der Waals surface area contributed by atoms with Crippen molar-refractivity contribution >= 4 is 0 Å². The van der Waals surface area contributed by atoms with E-state index in [9.17, 15) is 0 Å². The summed E-state index contributed by atoms with van der Waals surface area (Å²) in [6, 6.07) is 0.427. The Hall–Kier alpha value is -0.0400. The minimum atomic E-state index is 0.373. The van der Waals surface area contributed by atoms with Crippen molar-refractivity contribution in [3.8, 4) is 0 Å². The van der Waals surface area contributed by atoms with Crippen LogP contribution in [0.25, 0.3) is 0 Å². The Balaban J connectivity index is 2.63. The van der Waals surface area contributed by atoms with E-state index in [4.69, 9.17) is 5.73 Å². The Morgan fingerprint density at radius 1 is 1.30 bits per heavy atom. The third-order valence-electron chi connectivity index (χ3n) is 3.38. The first-order valence-electron chi connectivity index (χ1n) is 4.30. The highest BCUT2D eigenvalue weighted by atomic mass is 14.7. The first-order chi connectivity index (χ1) is 4.55. The molecule has 1 aliphatic carbocycles. The highest BCUT2D eigenvalue weighted by molar-refractivity contribution is 4.89. The molecule has 2 atom stereocenters. The second-order valence-electron chi connectivity index (χ2n) is 4.26. The van der Waals surface area contributed by atoms with Crippen molar-refractivity contribution in [2.75, 3.05) is 0 Å². The van der Waals surface area contributed by atoms with Crippen molar-refractivity contribution in [2.45, 2.75) is 46.1 Å². The predicted molar refractivity (Wildman–Crippen MR) is 44.8 cm³/mol. The molecule has 1 heteroatoms. The molecule has 0 aromatic heterocycles. The highest BCUT2D eigenvalue weighted by Gasteiger charge is 2.35. The molecule has 1 saturated carbocycles. The Morgan fingerprint density at radius 2 is 1.90 bits per heavy atom. The molecule has 0 saturated heterocycles. The topological polar surface area (TPSA) is 26.0 Å². The summed E-state index contributed by atoms with van der Waals surface area (Å²) in [5.41, 5.74) is 6.38. The van der Waals surface area contributed by atoms with Crippen molar-refractivity contribution < 1.29 is 0 Å². The van der Waals surface area contributed by atoms with Crippen molar-refractivity contribution in [2.24, 2.45) is 17.1 Å². The zero-order valence-corrected chi connectivity index (χ0v) is 7.35. The standard InChI is InChI=1S/C9H19N/c1-7-5-4-6-8(10)9(7,2)3/h7-8H,4-6,10H2,1-3H3/t7-,8-/m1/s1. The number of hydrogen-bond donors (Lipinski definition) is 1. The van der Waals surface area contributed by atoms with Gasteiger partial charge in [-0.15, -0.1) is 0 Å². The minimum absolute atomic E-state index is 0.373. The Morgan fingerprint density at radius 3 is 2.30 bits per heavy atom. The van der Waals surface area contributed by atoms with Gasteiger partial charge in [0.15, 0.2) is 0 Å². The van der Waals surface area contributed by atoms with Gasteiger partial charge in [0.05, 0.1) is 0 Å². The summed E-state index contributed by atoms with van der Waals surface area (Å²) in [5.74, 6) is 0.802. The summed E-state index contributed by atoms with van der Waals surface area (Å²) in [6.07, 6.45) is 3.91. The van der Waals surface area contributed by atoms with Crippen molar-refractivity contribution in [3.05, 3.63) is 0 Å². The molecule has 0 heterocycles. The van der Waals surface area contributed by atoms with E-state index in [1.54, 1.807) is 0 Å². The molecule has 0 aliphatic heterocycles. The first kappa shape index (κ1) is 8.06. The molecule has 1 aliphatic rings. The number of hydrogen-bond acceptors (Lipinski definition) is 1. The van der Waals surface area contributed by atoms with Gasteiger partial charge >= 0.3 is 0 Å². The summed E-state index contributed by atoms with van der Waals surface area (Å²) < 4.78 is 0. The van der Waals surface area contributed by atoms with Crippen LogP contribution in [0.1, 0.15) is 40.0 Å². The Kier molecular flexibility index (Phi) is 2.04. The molecule has 10 heavy (non-hydrogen) atoms. The van der Waals surface area contributed by atoms with Crippen LogP contribution in [0.15, 0.2) is 0 Å². The predicted octanol–water partition coefficient (Wildman–Crippen LogP) is 2.16. The lowest BCUT2D eigenvalue weighted by Crippen LogP contribution is -2.44. The quantitative estimate of drug-likeness (QED) is 0.549. The summed E-state index contributed by atoms with van der Waals surface area (Å²) >= 11 is 0. The van der Waals surface area contributed by atoms with E-state index in [0.29, 0.717) is 11.5 Å². The Labute approximate surface area is 64.0 Å². The summed E-state index contributed by atoms with van der Waals surface area (Å²) in [4.78, 5) is 0. The van der Waals surface area contributed by atoms with Crippen LogP contribution in [0.5, 0.6) is 0 Å². The lowest BCUT2D eigenvalue weighted by Gasteiger charge is -2.41. The van der Waals surface area contributed by atoms with Gasteiger partial charge in [0, 0.05) is 6.04 Å². The monoisotopic (exact) mass is 141 g/mol. The number of rotatable bonds is 0. The first-order valence-corrected chi connectivity index (χ1v) is 4.30. The van der Waals surface area contributed by atoms with Crippen LogP contribution in [0.3, 0.4) is 0 Å². The lowest BCUT2D eigenvalue weighted by molar-refractivity contribution is 0.123. The van der Waals surface area contributed by atoms with Crippen LogP contribution < -0.4 is 5.73 Å². The van der Waals surface area contributed by atoms with E-state index >= 15 is 0 Å². The third-order valence-corrected chi connectivity index (χ3v) is 3.38. The van der Waals surface area contributed by atoms with Crippen LogP contribution in [-0.4, -0.2) is 6.04 Å². The van der Waals surface area contributed by atoms with Gasteiger partial charge in [0.2, 0.25) is 0 Å². The van der Waals surface area contributed by atoms with Gasteiger partial charge in [-0.05, 0) is 17.8 Å². The van der Waals surface area contributed by atoms with Gasteiger partial charge in [0.25, 0.3) is 0 Å². The average molecular weight is 141 g/mol. The molecule has 0 aromatic carbocycles. The van der Waals surface area contributed by atoms with Crippen LogP contribution in [-0.2, 0) is 0 Å². The second-order valence-corrected chi connectivity index (χ2v) is 4.26. The lowest BCUT2D eigenvalue weighted by atomic mass is 9.67. The molecule has 1 nitrogen and oxygen atoms in total. The molecule has 0 unspecified atom stereocenters. The average Bonchev–Trinajstić information content (AvgIpc) is 1.84. The molecule has 0 amide bonds. The largest absolute Gasteiger partial charge is 0.327 e. The second kappa shape index (κ2) is 2.54. The molecule has 1 fully saturated rings. The SMILES string of the molecule is C[C@@H]1CCC[C@@H](N)C1(C)C. The van der Waals surface area contributed by atoms with Crippen molar-refractivity contribution in [1.29, 1.82) is 0 Å². The highest BCUT2D eigenvalue weighted by Crippen LogP contribution is 2.39. The van der Waals surface area contributed by atoms with Gasteiger partial charge < -0.3 is 5.73 Å². The fourth-order valence-electron chi connectivity index (χ4n) is 1.75. The van der Waals surface area contributed by atoms with Crippen LogP contribution in [0.2, 0.25) is 0 Å². The molecule has 0 spiro atoms. The maximum Gasteiger partial charge on any atom is 0.00928 e. The Bertz CT molecular complexity index is 106. The molecule has 1 rings (SSSR count). The maximum absolute atomic E-state index is 6.00. The maximum atomic E-state index is 6.00. The molecule has 0 radical (unpaired) electrons. The van der Waals surface area contributed by atoms with E-state index in [0.717, 1.165) is 5.92 Å². The zero-order valence-electron chi connectivity index (χ0n) is 7.35. The van der Waals surface area contributed by atoms with E-state index in [-0.39, 0.29) is 0 Å². The van der Waals surface area contributed by atoms with E-state index in [1.165, 1.54) is 19.3 Å². The number of nitrogens with two attached hydrogens (primary N) is 1. The van der Waals surface area contributed by atoms with E-state index < -0.39 is 0 Å². The molecular weight excluding hydrogens is 122 g/mol. The van der Waals surface area contributed by atoms with Gasteiger partial charge in [0.1, 0.15) is 0 Å². The van der Waals surface area contributed by atoms with Gasteiger partial charge in [-0.25, -0.2) is 0 Å². The molecule has 2 N–H and O–H groups in total. The van der Waals surface area contributed by atoms with Gasteiger partial charge in [-0.1, -0.05) is 33.6 Å². The van der Waals surface area contributed by atoms with Crippen LogP contribution >= 0.6 is 0 Å². The van der Waals surface area contributed by atoms with Crippen molar-refractivity contribution in [3.63, 3.8) is 0 Å². The minimum Gasteiger partial charge on any atom is -0.327 e. The summed E-state index contributed by atoms with van der Waals surface area (Å²) in [5, 5.41) is 0. The fourth-order valence-corrected chi connectivity index (χ4v) is 1.75. The fraction of sp³-hybridized carbons (Fsp3) is 1.00. The molecule has 0 bridgehead atoms. The van der Waals surface area contributed by atoms with Gasteiger partial charge in [-0.3, -0.25) is 0 Å². The normalized spacial score (nSPS) is 39.6. The van der Waals surface area contributed by atoms with Gasteiger partial charge in [-0.2, -0.15) is 0 Å². The van der Waals surface area contributed by atoms with Crippen LogP contribution in [0.4, 0.5) is 0 Å². The van der Waals surface area contributed by atoms with E-state index in [1.807, 2.05) is 0 Å². The van der Waals surface area contributed by atoms with Crippen LogP contribution in [0, 0.1) is 11.3 Å². The van der Waals surface area contributed by atoms with E-state index in [2.05, 4.69) is 20.8 Å². The molecular formula is C9H19N. The smallest absolute Gasteiger partial charge is 0.00928 e. The third kappa shape index (κ3) is 1.20. The summed E-state index contributed by atoms with van der Waals surface area (Å²) in [7, 11) is 0. The molecule has 60 valence electrons. The van der Waals surface area contributed by atoms with Crippen molar-refractivity contribution in [1.82, 2.24) is 0 Å². The summed E-state index contributed by atoms with van der Waals surface area (Å²) in [6.45, 7) is 6.90. The zero-order chi connectivity index (χ0) is 7.78. The molecule has 0 aromatic rings.